The number of nitrogens with zero attached hydrogens (tertiary/aromatic N) is 2. The molecule has 2 N–H and O–H groups in total. The zero-order valence-electron chi connectivity index (χ0n) is 13.1. The molecule has 0 radical (unpaired) electrons. The van der Waals surface area contributed by atoms with E-state index in [-0.39, 0.29) is 19.0 Å². The maximum Gasteiger partial charge on any atom is 0.389 e. The molecule has 1 heterocycles. The lowest BCUT2D eigenvalue weighted by atomic mass is 10.1. The second-order valence-electron chi connectivity index (χ2n) is 5.34. The number of carbonyl (C=O) groups is 1. The van der Waals surface area contributed by atoms with Gasteiger partial charge in [0.15, 0.2) is 0 Å². The van der Waals surface area contributed by atoms with Crippen LogP contribution in [-0.2, 0) is 11.3 Å². The topological polar surface area (TPSA) is 67.2 Å². The summed E-state index contributed by atoms with van der Waals surface area (Å²) in [7, 11) is 0. The van der Waals surface area contributed by atoms with Crippen molar-refractivity contribution in [1.29, 1.82) is 0 Å². The van der Waals surface area contributed by atoms with Crippen LogP contribution in [-0.4, -0.2) is 33.6 Å². The molecule has 0 fully saturated rings. The molecular formula is C16H18F3N3O2. The third-order valence-electron chi connectivity index (χ3n) is 3.42. The lowest BCUT2D eigenvalue weighted by Gasteiger charge is -2.08. The number of halogens is 3. The summed E-state index contributed by atoms with van der Waals surface area (Å²) in [6, 6.07) is 9.07. The van der Waals surface area contributed by atoms with Crippen molar-refractivity contribution in [2.75, 3.05) is 11.9 Å². The van der Waals surface area contributed by atoms with Gasteiger partial charge in [0.2, 0.25) is 5.91 Å². The van der Waals surface area contributed by atoms with Crippen molar-refractivity contribution in [1.82, 2.24) is 9.78 Å². The molecule has 0 aliphatic rings. The van der Waals surface area contributed by atoms with Crippen LogP contribution in [0.2, 0.25) is 0 Å². The second-order valence-corrected chi connectivity index (χ2v) is 5.34. The van der Waals surface area contributed by atoms with E-state index in [1.54, 1.807) is 6.07 Å². The van der Waals surface area contributed by atoms with Gasteiger partial charge >= 0.3 is 6.18 Å². The lowest BCUT2D eigenvalue weighted by Crippen LogP contribution is -2.19. The van der Waals surface area contributed by atoms with Crippen LogP contribution >= 0.6 is 0 Å². The van der Waals surface area contributed by atoms with Crippen LogP contribution in [0.5, 0.6) is 0 Å². The van der Waals surface area contributed by atoms with E-state index in [1.807, 2.05) is 31.2 Å². The number of benzene rings is 1. The molecule has 0 saturated heterocycles. The molecule has 0 bridgehead atoms. The van der Waals surface area contributed by atoms with Crippen molar-refractivity contribution in [2.45, 2.75) is 32.5 Å². The number of alkyl halides is 3. The number of aryl methyl sites for hydroxylation is 1. The number of carbonyl (C=O) groups excluding carboxylic acids is 1. The molecule has 24 heavy (non-hydrogen) atoms. The minimum absolute atomic E-state index is 0.126. The Hall–Kier alpha value is -2.35. The minimum atomic E-state index is -4.38. The summed E-state index contributed by atoms with van der Waals surface area (Å²) < 4.78 is 38.0. The highest BCUT2D eigenvalue weighted by Crippen LogP contribution is 2.26. The van der Waals surface area contributed by atoms with Gasteiger partial charge in [-0.3, -0.25) is 4.79 Å². The maximum atomic E-state index is 12.2. The van der Waals surface area contributed by atoms with Gasteiger partial charge in [0, 0.05) is 18.1 Å². The Morgan fingerprint density at radius 1 is 1.33 bits per heavy atom. The highest BCUT2D eigenvalue weighted by molar-refractivity contribution is 5.90. The average Bonchev–Trinajstić information content (AvgIpc) is 2.88. The van der Waals surface area contributed by atoms with Crippen molar-refractivity contribution < 1.29 is 23.1 Å². The van der Waals surface area contributed by atoms with E-state index >= 15 is 0 Å². The van der Waals surface area contributed by atoms with Crippen LogP contribution < -0.4 is 5.32 Å². The van der Waals surface area contributed by atoms with Crippen molar-refractivity contribution in [2.24, 2.45) is 0 Å². The van der Waals surface area contributed by atoms with Gasteiger partial charge in [-0.25, -0.2) is 4.68 Å². The third kappa shape index (κ3) is 4.82. The largest absolute Gasteiger partial charge is 0.394 e. The number of rotatable bonds is 6. The predicted octanol–water partition coefficient (Wildman–Crippen LogP) is 3.13. The second kappa shape index (κ2) is 7.48. The zero-order chi connectivity index (χ0) is 17.7. The van der Waals surface area contributed by atoms with Crippen molar-refractivity contribution in [3.63, 3.8) is 0 Å². The Morgan fingerprint density at radius 3 is 2.67 bits per heavy atom. The molecule has 1 aromatic heterocycles. The standard InChI is InChI=1S/C16H18F3N3O2/c1-11-4-2-3-5-12(11)13-10-14(22(21-13)8-9-23)20-15(24)6-7-16(17,18)19/h2-5,10,23H,6-9H2,1H3,(H,20,24). The number of hydrogen-bond donors (Lipinski definition) is 2. The number of aromatic nitrogens is 2. The Labute approximate surface area is 137 Å². The van der Waals surface area contributed by atoms with Gasteiger partial charge in [-0.2, -0.15) is 18.3 Å². The monoisotopic (exact) mass is 341 g/mol. The summed E-state index contributed by atoms with van der Waals surface area (Å²) in [5.74, 6) is -0.489. The summed E-state index contributed by atoms with van der Waals surface area (Å²) in [6.07, 6.45) is -6.22. The summed E-state index contributed by atoms with van der Waals surface area (Å²) in [6.45, 7) is 1.82. The maximum absolute atomic E-state index is 12.2. The first-order valence-corrected chi connectivity index (χ1v) is 7.41. The van der Waals surface area contributed by atoms with Gasteiger partial charge in [0.05, 0.1) is 25.3 Å². The SMILES string of the molecule is Cc1ccccc1-c1cc(NC(=O)CCC(F)(F)F)n(CCO)n1. The van der Waals surface area contributed by atoms with Crippen molar-refractivity contribution in [3.05, 3.63) is 35.9 Å². The van der Waals surface area contributed by atoms with E-state index in [0.29, 0.717) is 5.69 Å². The quantitative estimate of drug-likeness (QED) is 0.848. The minimum Gasteiger partial charge on any atom is -0.394 e. The van der Waals surface area contributed by atoms with Crippen molar-refractivity contribution in [3.8, 4) is 11.3 Å². The van der Waals surface area contributed by atoms with Gasteiger partial charge in [0.25, 0.3) is 0 Å². The normalized spacial score (nSPS) is 11.5. The van der Waals surface area contributed by atoms with Crippen LogP contribution in [0.25, 0.3) is 11.3 Å². The van der Waals surface area contributed by atoms with Gasteiger partial charge in [0.1, 0.15) is 5.82 Å². The van der Waals surface area contributed by atoms with Gasteiger partial charge in [-0.05, 0) is 12.5 Å². The molecule has 0 spiro atoms. The molecule has 2 aromatic rings. The number of aliphatic hydroxyl groups excluding tert-OH is 1. The lowest BCUT2D eigenvalue weighted by molar-refractivity contribution is -0.142. The fourth-order valence-corrected chi connectivity index (χ4v) is 2.24. The van der Waals surface area contributed by atoms with E-state index in [0.717, 1.165) is 11.1 Å². The molecule has 0 saturated carbocycles. The smallest absolute Gasteiger partial charge is 0.389 e. The van der Waals surface area contributed by atoms with E-state index < -0.39 is 24.9 Å². The molecular weight excluding hydrogens is 323 g/mol. The van der Waals surface area contributed by atoms with E-state index in [1.165, 1.54) is 4.68 Å². The van der Waals surface area contributed by atoms with Crippen LogP contribution in [0.15, 0.2) is 30.3 Å². The zero-order valence-corrected chi connectivity index (χ0v) is 13.1. The fourth-order valence-electron chi connectivity index (χ4n) is 2.24. The molecule has 1 aromatic carbocycles. The highest BCUT2D eigenvalue weighted by atomic mass is 19.4. The van der Waals surface area contributed by atoms with E-state index in [2.05, 4.69) is 10.4 Å². The van der Waals surface area contributed by atoms with Crippen LogP contribution in [0, 0.1) is 6.92 Å². The van der Waals surface area contributed by atoms with Crippen LogP contribution in [0.4, 0.5) is 19.0 Å². The fraction of sp³-hybridized carbons (Fsp3) is 0.375. The number of amides is 1. The first-order chi connectivity index (χ1) is 11.3. The predicted molar refractivity (Wildman–Crippen MR) is 83.4 cm³/mol. The number of hydrogen-bond acceptors (Lipinski definition) is 3. The first-order valence-electron chi connectivity index (χ1n) is 7.41. The van der Waals surface area contributed by atoms with Gasteiger partial charge in [-0.1, -0.05) is 24.3 Å². The van der Waals surface area contributed by atoms with Crippen LogP contribution in [0.3, 0.4) is 0 Å². The molecule has 1 amide bonds. The Morgan fingerprint density at radius 2 is 2.04 bits per heavy atom. The Bertz CT molecular complexity index is 711. The Kier molecular flexibility index (Phi) is 5.61. The van der Waals surface area contributed by atoms with Gasteiger partial charge in [-0.15, -0.1) is 0 Å². The molecule has 0 atom stereocenters. The number of aliphatic hydroxyl groups is 1. The molecule has 0 unspecified atom stereocenters. The molecule has 5 nitrogen and oxygen atoms in total. The summed E-state index contributed by atoms with van der Waals surface area (Å²) in [4.78, 5) is 11.7. The van der Waals surface area contributed by atoms with Crippen molar-refractivity contribution >= 4 is 11.7 Å². The molecule has 2 rings (SSSR count). The summed E-state index contributed by atoms with van der Waals surface area (Å²) in [5, 5.41) is 15.8. The molecule has 0 aliphatic heterocycles. The number of nitrogens with one attached hydrogen (secondary N) is 1. The summed E-state index contributed by atoms with van der Waals surface area (Å²) >= 11 is 0. The first kappa shape index (κ1) is 18.0. The number of anilines is 1. The highest BCUT2D eigenvalue weighted by Gasteiger charge is 2.28. The summed E-state index contributed by atoms with van der Waals surface area (Å²) in [5.41, 5.74) is 2.40. The average molecular weight is 341 g/mol. The molecule has 130 valence electrons. The molecule has 0 aliphatic carbocycles. The van der Waals surface area contributed by atoms with E-state index in [4.69, 9.17) is 5.11 Å². The van der Waals surface area contributed by atoms with E-state index in [9.17, 15) is 18.0 Å². The third-order valence-corrected chi connectivity index (χ3v) is 3.42. The molecule has 8 heteroatoms. The Balaban J connectivity index is 2.20. The van der Waals surface area contributed by atoms with Crippen LogP contribution in [0.1, 0.15) is 18.4 Å². The van der Waals surface area contributed by atoms with Gasteiger partial charge < -0.3 is 10.4 Å².